The van der Waals surface area contributed by atoms with E-state index in [0.717, 1.165) is 17.1 Å². The van der Waals surface area contributed by atoms with Crippen molar-refractivity contribution in [2.45, 2.75) is 0 Å². The zero-order valence-corrected chi connectivity index (χ0v) is 28.6. The molecule has 0 saturated heterocycles. The first-order chi connectivity index (χ1) is 25.3. The van der Waals surface area contributed by atoms with Crippen molar-refractivity contribution in [1.29, 1.82) is 0 Å². The molecule has 2 nitrogen and oxygen atoms in total. The molecule has 240 valence electrons. The average molecular weight is 669 g/mol. The van der Waals surface area contributed by atoms with Crippen LogP contribution in [-0.2, 0) is 0 Å². The molecule has 10 aromatic rings. The summed E-state index contributed by atoms with van der Waals surface area (Å²) >= 11 is 1.87. The smallest absolute Gasteiger partial charge is 0.109 e. The summed E-state index contributed by atoms with van der Waals surface area (Å²) in [5.41, 5.74) is 13.2. The van der Waals surface area contributed by atoms with Gasteiger partial charge in [-0.05, 0) is 81.1 Å². The molecule has 3 heteroatoms. The van der Waals surface area contributed by atoms with Crippen LogP contribution in [0.15, 0.2) is 194 Å². The molecule has 0 saturated carbocycles. The van der Waals surface area contributed by atoms with Gasteiger partial charge in [-0.3, -0.25) is 4.40 Å². The standard InChI is InChI=1S/C48H32N2S/c1-3-13-33(14-4-1)34-25-29-38(30-26-34)49(39-31-27-36(28-32-39)41-21-11-18-35-15-7-8-19-40(35)41)44-23-12-24-45-47(44)50-43-22-10-9-20-42(43)46(48(50)51-45)37-16-5-2-6-17-37/h1-32H. The molecule has 0 fully saturated rings. The van der Waals surface area contributed by atoms with E-state index in [1.54, 1.807) is 0 Å². The normalized spacial score (nSPS) is 11.5. The molecule has 0 N–H and O–H groups in total. The Balaban J connectivity index is 1.20. The third kappa shape index (κ3) is 4.93. The van der Waals surface area contributed by atoms with Crippen LogP contribution in [0.1, 0.15) is 0 Å². The van der Waals surface area contributed by atoms with E-state index in [-0.39, 0.29) is 0 Å². The fraction of sp³-hybridized carbons (Fsp3) is 0. The molecule has 0 radical (unpaired) electrons. The van der Waals surface area contributed by atoms with Crippen molar-refractivity contribution in [2.75, 3.05) is 4.90 Å². The van der Waals surface area contributed by atoms with Crippen molar-refractivity contribution in [2.24, 2.45) is 0 Å². The van der Waals surface area contributed by atoms with Crippen molar-refractivity contribution in [1.82, 2.24) is 4.40 Å². The molecule has 0 atom stereocenters. The first-order valence-electron chi connectivity index (χ1n) is 17.4. The van der Waals surface area contributed by atoms with Gasteiger partial charge in [0.05, 0.1) is 21.4 Å². The van der Waals surface area contributed by atoms with Crippen molar-refractivity contribution < 1.29 is 0 Å². The Morgan fingerprint density at radius 3 is 1.73 bits per heavy atom. The highest BCUT2D eigenvalue weighted by Gasteiger charge is 2.23. The SMILES string of the molecule is c1ccc(-c2ccc(N(c3ccc(-c4cccc5ccccc45)cc3)c3cccc4sc5c(-c6ccccc6)c6ccccc6n5c34)cc2)cc1. The molecule has 0 unspecified atom stereocenters. The van der Waals surface area contributed by atoms with E-state index in [9.17, 15) is 0 Å². The predicted molar refractivity (Wildman–Crippen MR) is 219 cm³/mol. The maximum atomic E-state index is 2.49. The number of nitrogens with zero attached hydrogens (tertiary/aromatic N) is 2. The number of fused-ring (bicyclic) bond motifs is 6. The number of aromatic nitrogens is 1. The highest BCUT2D eigenvalue weighted by molar-refractivity contribution is 7.24. The van der Waals surface area contributed by atoms with Gasteiger partial charge in [-0.25, -0.2) is 0 Å². The van der Waals surface area contributed by atoms with Crippen LogP contribution in [0.4, 0.5) is 17.1 Å². The Kier molecular flexibility index (Phi) is 7.04. The average Bonchev–Trinajstić information content (AvgIpc) is 3.74. The fourth-order valence-corrected chi connectivity index (χ4v) is 8.91. The molecule has 2 heterocycles. The van der Waals surface area contributed by atoms with Crippen molar-refractivity contribution >= 4 is 65.1 Å². The predicted octanol–water partition coefficient (Wildman–Crippen LogP) is 13.9. The monoisotopic (exact) mass is 668 g/mol. The molecule has 0 spiro atoms. The number of para-hydroxylation sites is 2. The second-order valence-corrected chi connectivity index (χ2v) is 14.0. The molecular weight excluding hydrogens is 637 g/mol. The lowest BCUT2D eigenvalue weighted by molar-refractivity contribution is 1.27. The van der Waals surface area contributed by atoms with Crippen LogP contribution >= 0.6 is 11.3 Å². The van der Waals surface area contributed by atoms with E-state index in [1.807, 2.05) is 11.3 Å². The number of thiazole rings is 1. The molecule has 10 rings (SSSR count). The highest BCUT2D eigenvalue weighted by Crippen LogP contribution is 2.47. The minimum atomic E-state index is 1.11. The van der Waals surface area contributed by atoms with Gasteiger partial charge in [0.25, 0.3) is 0 Å². The van der Waals surface area contributed by atoms with Crippen LogP contribution < -0.4 is 4.90 Å². The highest BCUT2D eigenvalue weighted by atomic mass is 32.1. The summed E-state index contributed by atoms with van der Waals surface area (Å²) in [5, 5.41) is 3.78. The van der Waals surface area contributed by atoms with Crippen molar-refractivity contribution in [3.05, 3.63) is 194 Å². The van der Waals surface area contributed by atoms with Crippen molar-refractivity contribution in [3.8, 4) is 33.4 Å². The van der Waals surface area contributed by atoms with E-state index in [1.165, 1.54) is 70.1 Å². The number of benzene rings is 8. The minimum absolute atomic E-state index is 1.11. The maximum absolute atomic E-state index is 2.49. The van der Waals surface area contributed by atoms with E-state index < -0.39 is 0 Å². The topological polar surface area (TPSA) is 7.65 Å². The van der Waals surface area contributed by atoms with E-state index in [4.69, 9.17) is 0 Å². The summed E-state index contributed by atoms with van der Waals surface area (Å²) in [6, 6.07) is 70.2. The zero-order chi connectivity index (χ0) is 33.7. The van der Waals surface area contributed by atoms with Gasteiger partial charge in [-0.2, -0.15) is 0 Å². The zero-order valence-electron chi connectivity index (χ0n) is 27.8. The third-order valence-electron chi connectivity index (χ3n) is 10.0. The molecule has 0 aliphatic rings. The molecule has 2 aromatic heterocycles. The largest absolute Gasteiger partial charge is 0.308 e. The molecule has 8 aromatic carbocycles. The van der Waals surface area contributed by atoms with Gasteiger partial charge in [-0.1, -0.05) is 152 Å². The van der Waals surface area contributed by atoms with Crippen LogP contribution in [0.25, 0.3) is 70.1 Å². The van der Waals surface area contributed by atoms with E-state index >= 15 is 0 Å². The van der Waals surface area contributed by atoms with Gasteiger partial charge in [0.2, 0.25) is 0 Å². The lowest BCUT2D eigenvalue weighted by Gasteiger charge is -2.27. The number of rotatable bonds is 6. The Hall–Kier alpha value is -6.42. The molecule has 51 heavy (non-hydrogen) atoms. The first-order valence-corrected chi connectivity index (χ1v) is 18.2. The van der Waals surface area contributed by atoms with Gasteiger partial charge in [0.1, 0.15) is 4.83 Å². The Morgan fingerprint density at radius 1 is 0.412 bits per heavy atom. The molecular formula is C48H32N2S. The van der Waals surface area contributed by atoms with Crippen LogP contribution in [0.5, 0.6) is 0 Å². The van der Waals surface area contributed by atoms with Gasteiger partial charge >= 0.3 is 0 Å². The summed E-state index contributed by atoms with van der Waals surface area (Å²) in [6.07, 6.45) is 0. The van der Waals surface area contributed by atoms with Gasteiger partial charge in [0.15, 0.2) is 0 Å². The Bertz CT molecular complexity index is 2820. The van der Waals surface area contributed by atoms with E-state index in [0.29, 0.717) is 0 Å². The third-order valence-corrected chi connectivity index (χ3v) is 11.1. The molecule has 0 bridgehead atoms. The van der Waals surface area contributed by atoms with Crippen LogP contribution in [0, 0.1) is 0 Å². The van der Waals surface area contributed by atoms with Crippen molar-refractivity contribution in [3.63, 3.8) is 0 Å². The van der Waals surface area contributed by atoms with Crippen LogP contribution in [-0.4, -0.2) is 4.40 Å². The summed E-state index contributed by atoms with van der Waals surface area (Å²) in [4.78, 5) is 3.68. The van der Waals surface area contributed by atoms with Crippen LogP contribution in [0.3, 0.4) is 0 Å². The lowest BCUT2D eigenvalue weighted by atomic mass is 9.98. The quantitative estimate of drug-likeness (QED) is 0.171. The Labute approximate surface area is 300 Å². The number of hydrogen-bond acceptors (Lipinski definition) is 2. The fourth-order valence-electron chi connectivity index (χ4n) is 7.65. The summed E-state index contributed by atoms with van der Waals surface area (Å²) in [6.45, 7) is 0. The summed E-state index contributed by atoms with van der Waals surface area (Å²) in [7, 11) is 0. The lowest BCUT2D eigenvalue weighted by Crippen LogP contribution is -2.11. The van der Waals surface area contributed by atoms with Gasteiger partial charge < -0.3 is 4.90 Å². The van der Waals surface area contributed by atoms with Gasteiger partial charge in [-0.15, -0.1) is 11.3 Å². The molecule has 0 aliphatic carbocycles. The molecule has 0 amide bonds. The second-order valence-electron chi connectivity index (χ2n) is 12.9. The maximum Gasteiger partial charge on any atom is 0.109 e. The second kappa shape index (κ2) is 12.2. The van der Waals surface area contributed by atoms with Gasteiger partial charge in [0, 0.05) is 22.3 Å². The number of anilines is 3. The first kappa shape index (κ1) is 29.5. The Morgan fingerprint density at radius 2 is 0.980 bits per heavy atom. The summed E-state index contributed by atoms with van der Waals surface area (Å²) in [5.74, 6) is 0. The van der Waals surface area contributed by atoms with E-state index in [2.05, 4.69) is 203 Å². The minimum Gasteiger partial charge on any atom is -0.308 e. The summed E-state index contributed by atoms with van der Waals surface area (Å²) < 4.78 is 3.74. The number of hydrogen-bond donors (Lipinski definition) is 0. The van der Waals surface area contributed by atoms with Crippen LogP contribution in [0.2, 0.25) is 0 Å². The molecule has 0 aliphatic heterocycles.